The van der Waals surface area contributed by atoms with Crippen molar-refractivity contribution in [3.63, 3.8) is 0 Å². The quantitative estimate of drug-likeness (QED) is 0.0990. The Bertz CT molecular complexity index is 449. The van der Waals surface area contributed by atoms with Crippen LogP contribution < -0.4 is 15.7 Å². The number of aliphatic carboxylic acids is 1. The van der Waals surface area contributed by atoms with Gasteiger partial charge in [-0.1, -0.05) is 89.9 Å². The molecule has 0 aliphatic rings. The molecule has 0 saturated carbocycles. The zero-order chi connectivity index (χ0) is 26.1. The van der Waals surface area contributed by atoms with Gasteiger partial charge in [0.1, 0.15) is 0 Å². The molecular weight excluding hydrogens is 664 g/mol. The Morgan fingerprint density at radius 1 is 0.514 bits per heavy atom. The van der Waals surface area contributed by atoms with Crippen molar-refractivity contribution >= 4 is 5.97 Å². The standard InChI is InChI=1S/C27H56N2O3.2O.Th/c30-26-20-14-8-13-19-25-29-24-18-12-7-3-6-11-17-23-28-22-16-10-5-2-1-4-9-15-21-27(31)32;;;/h28-30H,1-26H2,(H,31,32);;;/p-1. The summed E-state index contributed by atoms with van der Waals surface area (Å²) in [7, 11) is 0. The topological polar surface area (TPSA) is 119 Å². The predicted molar refractivity (Wildman–Crippen MR) is 136 cm³/mol. The number of hydrogen-bond donors (Lipinski definition) is 3. The first-order valence-electron chi connectivity index (χ1n) is 14.4. The van der Waals surface area contributed by atoms with E-state index in [1.54, 1.807) is 0 Å². The zero-order valence-electron chi connectivity index (χ0n) is 22.5. The molecule has 0 fully saturated rings. The van der Waals surface area contributed by atoms with Crippen LogP contribution in [0.2, 0.25) is 0 Å². The number of carbonyl (C=O) groups is 1. The number of nitrogens with one attached hydrogen (secondary N) is 2. The third-order valence-corrected chi connectivity index (χ3v) is 6.20. The summed E-state index contributed by atoms with van der Waals surface area (Å²) in [5.41, 5.74) is 0. The van der Waals surface area contributed by atoms with Crippen molar-refractivity contribution < 1.29 is 53.4 Å². The number of aliphatic hydroxyl groups is 1. The van der Waals surface area contributed by atoms with Gasteiger partial charge in [0.05, 0.1) is 0 Å². The SMILES string of the molecule is O=C([O-])CCCCCCCCCCNCCCCCCCCCNCCCCCCCO.[O]=[Th]=[O]. The maximum atomic E-state index is 10.3. The van der Waals surface area contributed by atoms with Crippen molar-refractivity contribution in [1.82, 2.24) is 10.6 Å². The Hall–Kier alpha value is 0.275. The fourth-order valence-corrected chi connectivity index (χ4v) is 4.11. The van der Waals surface area contributed by atoms with Gasteiger partial charge in [0.15, 0.2) is 0 Å². The molecule has 0 heterocycles. The number of unbranched alkanes of at least 4 members (excludes halogenated alkanes) is 17. The minimum atomic E-state index is -2.51. The predicted octanol–water partition coefficient (Wildman–Crippen LogP) is 4.86. The summed E-state index contributed by atoms with van der Waals surface area (Å²) in [5, 5.41) is 26.2. The summed E-state index contributed by atoms with van der Waals surface area (Å²) in [6.07, 6.45) is 25.1. The summed E-state index contributed by atoms with van der Waals surface area (Å²) >= 11 is -2.51. The number of hydrogen-bond acceptors (Lipinski definition) is 7. The third kappa shape index (κ3) is 41.7. The number of carboxylic acids is 1. The molecule has 0 rings (SSSR count). The van der Waals surface area contributed by atoms with Crippen LogP contribution in [-0.2, 0) is 7.12 Å². The van der Waals surface area contributed by atoms with Crippen molar-refractivity contribution in [2.45, 2.75) is 135 Å². The van der Waals surface area contributed by atoms with Gasteiger partial charge in [-0.2, -0.15) is 0 Å². The van der Waals surface area contributed by atoms with Gasteiger partial charge >= 0.3 is 38.4 Å². The third-order valence-electron chi connectivity index (χ3n) is 6.20. The average Bonchev–Trinajstić information content (AvgIpc) is 2.84. The Morgan fingerprint density at radius 2 is 0.771 bits per heavy atom. The first-order valence-corrected chi connectivity index (χ1v) is 17.8. The van der Waals surface area contributed by atoms with Crippen LogP contribution in [0.1, 0.15) is 135 Å². The van der Waals surface area contributed by atoms with Crippen LogP contribution in [0.5, 0.6) is 0 Å². The summed E-state index contributed by atoms with van der Waals surface area (Å²) in [6, 6.07) is 0. The van der Waals surface area contributed by atoms with E-state index in [1.807, 2.05) is 0 Å². The molecule has 0 unspecified atom stereocenters. The van der Waals surface area contributed by atoms with Gasteiger partial charge in [-0.15, -0.1) is 0 Å². The fraction of sp³-hybridized carbons (Fsp3) is 0.963. The van der Waals surface area contributed by atoms with Gasteiger partial charge in [-0.3, -0.25) is 0 Å². The molecule has 35 heavy (non-hydrogen) atoms. The van der Waals surface area contributed by atoms with E-state index in [9.17, 15) is 9.90 Å². The molecule has 7 nitrogen and oxygen atoms in total. The summed E-state index contributed by atoms with van der Waals surface area (Å²) in [6.45, 7) is 4.99. The maximum absolute atomic E-state index is 10.3. The number of carboxylic acid groups (broad SMARTS) is 1. The second-order valence-electron chi connectivity index (χ2n) is 9.50. The van der Waals surface area contributed by atoms with Crippen LogP contribution in [0.15, 0.2) is 0 Å². The molecule has 0 amide bonds. The summed E-state index contributed by atoms with van der Waals surface area (Å²) in [4.78, 5) is 10.3. The normalized spacial score (nSPS) is 10.5. The van der Waals surface area contributed by atoms with E-state index >= 15 is 0 Å². The second-order valence-corrected chi connectivity index (χ2v) is 10.2. The number of rotatable bonds is 28. The average molecular weight is 720 g/mol. The molecule has 0 aromatic carbocycles. The van der Waals surface area contributed by atoms with Crippen LogP contribution in [0.25, 0.3) is 0 Å². The van der Waals surface area contributed by atoms with Crippen LogP contribution in [-0.4, -0.2) is 43.9 Å². The van der Waals surface area contributed by atoms with Gasteiger partial charge in [0.2, 0.25) is 0 Å². The van der Waals surface area contributed by atoms with Crippen molar-refractivity contribution in [3.05, 3.63) is 0 Å². The van der Waals surface area contributed by atoms with Gasteiger partial charge in [-0.25, -0.2) is 0 Å². The monoisotopic (exact) mass is 719 g/mol. The van der Waals surface area contributed by atoms with E-state index in [-0.39, 0.29) is 6.42 Å². The van der Waals surface area contributed by atoms with Gasteiger partial charge in [0.25, 0.3) is 0 Å². The Balaban J connectivity index is 0. The van der Waals surface area contributed by atoms with Crippen molar-refractivity contribution in [3.8, 4) is 0 Å². The number of aliphatic hydroxyl groups excluding tert-OH is 1. The molecule has 8 heteroatoms. The first kappa shape index (κ1) is 37.4. The molecule has 0 saturated heterocycles. The minimum absolute atomic E-state index is 0.220. The molecule has 0 bridgehead atoms. The van der Waals surface area contributed by atoms with E-state index in [2.05, 4.69) is 10.6 Å². The van der Waals surface area contributed by atoms with E-state index in [1.165, 1.54) is 116 Å². The second kappa shape index (κ2) is 36.4. The Labute approximate surface area is 236 Å². The van der Waals surface area contributed by atoms with Gasteiger partial charge in [0, 0.05) is 12.6 Å². The fourth-order valence-electron chi connectivity index (χ4n) is 4.11. The number of carbonyl (C=O) groups excluding carboxylic acids is 1. The molecule has 0 aliphatic carbocycles. The van der Waals surface area contributed by atoms with E-state index < -0.39 is 42.1 Å². The zero-order valence-corrected chi connectivity index (χ0v) is 26.6. The molecule has 0 radical (unpaired) electrons. The van der Waals surface area contributed by atoms with Gasteiger partial charge < -0.3 is 25.6 Å². The van der Waals surface area contributed by atoms with Crippen molar-refractivity contribution in [1.29, 1.82) is 0 Å². The molecular formula is C27H55N2O5Th-. The Kier molecular flexibility index (Phi) is 39.0. The summed E-state index contributed by atoms with van der Waals surface area (Å²) in [5.74, 6) is -0.912. The van der Waals surface area contributed by atoms with E-state index in [0.29, 0.717) is 6.61 Å². The molecule has 3 N–H and O–H groups in total. The van der Waals surface area contributed by atoms with E-state index in [0.717, 1.165) is 38.8 Å². The molecule has 0 aliphatic heterocycles. The molecule has 208 valence electrons. The van der Waals surface area contributed by atoms with Crippen LogP contribution in [0.3, 0.4) is 0 Å². The first-order chi connectivity index (χ1) is 17.2. The van der Waals surface area contributed by atoms with E-state index in [4.69, 9.17) is 7.43 Å². The van der Waals surface area contributed by atoms with Gasteiger partial charge in [-0.05, 0) is 71.1 Å². The van der Waals surface area contributed by atoms with Crippen LogP contribution in [0, 0.1) is 36.1 Å². The summed E-state index contributed by atoms with van der Waals surface area (Å²) < 4.78 is 17.2. The van der Waals surface area contributed by atoms with Crippen LogP contribution >= 0.6 is 0 Å². The van der Waals surface area contributed by atoms with Crippen molar-refractivity contribution in [2.24, 2.45) is 0 Å². The van der Waals surface area contributed by atoms with Crippen molar-refractivity contribution in [2.75, 3.05) is 32.8 Å². The molecule has 0 spiro atoms. The molecule has 0 atom stereocenters. The Morgan fingerprint density at radius 3 is 1.06 bits per heavy atom. The molecule has 0 aromatic heterocycles. The molecule has 0 aromatic rings. The van der Waals surface area contributed by atoms with Crippen LogP contribution in [0.4, 0.5) is 0 Å².